The van der Waals surface area contributed by atoms with Gasteiger partial charge in [-0.25, -0.2) is 4.98 Å². The van der Waals surface area contributed by atoms with E-state index in [0.717, 1.165) is 28.2 Å². The van der Waals surface area contributed by atoms with Crippen molar-refractivity contribution in [3.05, 3.63) is 36.4 Å². The predicted octanol–water partition coefficient (Wildman–Crippen LogP) is 3.47. The quantitative estimate of drug-likeness (QED) is 0.791. The van der Waals surface area contributed by atoms with Crippen LogP contribution in [0, 0.1) is 17.8 Å². The fourth-order valence-corrected chi connectivity index (χ4v) is 4.34. The van der Waals surface area contributed by atoms with Gasteiger partial charge in [0.2, 0.25) is 5.91 Å². The van der Waals surface area contributed by atoms with Gasteiger partial charge in [-0.3, -0.25) is 9.69 Å². The third kappa shape index (κ3) is 1.79. The van der Waals surface area contributed by atoms with Crippen LogP contribution in [0.1, 0.15) is 12.8 Å². The van der Waals surface area contributed by atoms with Gasteiger partial charge in [0.1, 0.15) is 0 Å². The largest absolute Gasteiger partial charge is 0.291 e. The van der Waals surface area contributed by atoms with Gasteiger partial charge in [0.15, 0.2) is 5.13 Å². The SMILES string of the molecule is CN(C(=O)C1CC2C=CC1C2)c1nc2ccccc2s1. The van der Waals surface area contributed by atoms with Gasteiger partial charge in [-0.15, -0.1) is 0 Å². The maximum absolute atomic E-state index is 12.7. The highest BCUT2D eigenvalue weighted by atomic mass is 32.1. The Morgan fingerprint density at radius 1 is 1.30 bits per heavy atom. The molecular weight excluding hydrogens is 268 g/mol. The number of nitrogens with zero attached hydrogens (tertiary/aromatic N) is 2. The fraction of sp³-hybridized carbons (Fsp3) is 0.375. The molecular formula is C16H16N2OS. The molecule has 3 nitrogen and oxygen atoms in total. The van der Waals surface area contributed by atoms with Crippen LogP contribution >= 0.6 is 11.3 Å². The molecule has 2 aromatic rings. The molecule has 1 saturated carbocycles. The first kappa shape index (κ1) is 12.1. The van der Waals surface area contributed by atoms with Gasteiger partial charge in [-0.05, 0) is 36.8 Å². The van der Waals surface area contributed by atoms with Gasteiger partial charge in [-0.2, -0.15) is 0 Å². The zero-order valence-electron chi connectivity index (χ0n) is 11.3. The molecule has 1 aromatic heterocycles. The molecule has 2 aliphatic carbocycles. The van der Waals surface area contributed by atoms with Crippen LogP contribution in [0.2, 0.25) is 0 Å². The summed E-state index contributed by atoms with van der Waals surface area (Å²) in [5, 5.41) is 0.808. The third-order valence-corrected chi connectivity index (χ3v) is 5.61. The van der Waals surface area contributed by atoms with Crippen molar-refractivity contribution in [3.63, 3.8) is 0 Å². The van der Waals surface area contributed by atoms with E-state index in [2.05, 4.69) is 23.2 Å². The number of benzene rings is 1. The second kappa shape index (κ2) is 4.42. The second-order valence-electron chi connectivity index (χ2n) is 5.75. The van der Waals surface area contributed by atoms with Crippen LogP contribution in [0.5, 0.6) is 0 Å². The molecule has 1 amide bonds. The number of allylic oxidation sites excluding steroid dienone is 2. The van der Waals surface area contributed by atoms with Crippen LogP contribution in [0.25, 0.3) is 10.2 Å². The molecule has 2 bridgehead atoms. The number of carbonyl (C=O) groups excluding carboxylic acids is 1. The minimum Gasteiger partial charge on any atom is -0.291 e. The minimum absolute atomic E-state index is 0.155. The smallest absolute Gasteiger partial charge is 0.232 e. The van der Waals surface area contributed by atoms with E-state index >= 15 is 0 Å². The van der Waals surface area contributed by atoms with Crippen molar-refractivity contribution >= 4 is 32.6 Å². The summed E-state index contributed by atoms with van der Waals surface area (Å²) in [5.41, 5.74) is 0.972. The van der Waals surface area contributed by atoms with E-state index in [4.69, 9.17) is 0 Å². The lowest BCUT2D eigenvalue weighted by Crippen LogP contribution is -2.34. The fourth-order valence-electron chi connectivity index (χ4n) is 3.41. The van der Waals surface area contributed by atoms with Crippen molar-refractivity contribution in [2.75, 3.05) is 11.9 Å². The van der Waals surface area contributed by atoms with E-state index in [-0.39, 0.29) is 11.8 Å². The van der Waals surface area contributed by atoms with Gasteiger partial charge >= 0.3 is 0 Å². The number of hydrogen-bond acceptors (Lipinski definition) is 3. The lowest BCUT2D eigenvalue weighted by atomic mass is 9.92. The Bertz CT molecular complexity index is 672. The molecule has 3 unspecified atom stereocenters. The van der Waals surface area contributed by atoms with E-state index in [9.17, 15) is 4.79 Å². The summed E-state index contributed by atoms with van der Waals surface area (Å²) >= 11 is 1.59. The highest BCUT2D eigenvalue weighted by Gasteiger charge is 2.41. The van der Waals surface area contributed by atoms with Gasteiger partial charge in [0, 0.05) is 13.0 Å². The van der Waals surface area contributed by atoms with Crippen LogP contribution in [-0.2, 0) is 4.79 Å². The molecule has 0 saturated heterocycles. The summed E-state index contributed by atoms with van der Waals surface area (Å²) in [6, 6.07) is 8.03. The van der Waals surface area contributed by atoms with Crippen LogP contribution < -0.4 is 4.90 Å². The van der Waals surface area contributed by atoms with Crippen LogP contribution in [0.3, 0.4) is 0 Å². The predicted molar refractivity (Wildman–Crippen MR) is 81.9 cm³/mol. The zero-order valence-corrected chi connectivity index (χ0v) is 12.1. The Balaban J connectivity index is 1.61. The first-order valence-corrected chi connectivity index (χ1v) is 7.85. The van der Waals surface area contributed by atoms with Gasteiger partial charge in [0.05, 0.1) is 10.2 Å². The standard InChI is InChI=1S/C16H16N2OS/c1-18(15(19)12-9-10-6-7-11(12)8-10)16-17-13-4-2-3-5-14(13)20-16/h2-7,10-12H,8-9H2,1H3. The summed E-state index contributed by atoms with van der Waals surface area (Å²) in [7, 11) is 1.86. The number of anilines is 1. The molecule has 1 fully saturated rings. The summed E-state index contributed by atoms with van der Waals surface area (Å²) in [6.45, 7) is 0. The van der Waals surface area contributed by atoms with E-state index < -0.39 is 0 Å². The van der Waals surface area contributed by atoms with E-state index in [1.165, 1.54) is 0 Å². The Hall–Kier alpha value is -1.68. The highest BCUT2D eigenvalue weighted by molar-refractivity contribution is 7.22. The van der Waals surface area contributed by atoms with E-state index in [1.807, 2.05) is 25.2 Å². The third-order valence-electron chi connectivity index (χ3n) is 4.50. The molecule has 102 valence electrons. The van der Waals surface area contributed by atoms with Gasteiger partial charge in [-0.1, -0.05) is 35.6 Å². The average Bonchev–Trinajstić information content (AvgIpc) is 3.19. The lowest BCUT2D eigenvalue weighted by molar-refractivity contribution is -0.122. The average molecular weight is 284 g/mol. The molecule has 0 radical (unpaired) electrons. The number of para-hydroxylation sites is 1. The normalized spacial score (nSPS) is 27.4. The number of aromatic nitrogens is 1. The minimum atomic E-state index is 0.155. The maximum Gasteiger partial charge on any atom is 0.232 e. The maximum atomic E-state index is 12.7. The number of carbonyl (C=O) groups is 1. The van der Waals surface area contributed by atoms with Crippen LogP contribution in [0.4, 0.5) is 5.13 Å². The molecule has 4 heteroatoms. The van der Waals surface area contributed by atoms with Crippen molar-refractivity contribution in [2.45, 2.75) is 12.8 Å². The molecule has 3 atom stereocenters. The lowest BCUT2D eigenvalue weighted by Gasteiger charge is -2.22. The van der Waals surface area contributed by atoms with Gasteiger partial charge < -0.3 is 0 Å². The Morgan fingerprint density at radius 3 is 2.85 bits per heavy atom. The summed E-state index contributed by atoms with van der Waals surface area (Å²) in [4.78, 5) is 19.0. The van der Waals surface area contributed by atoms with Crippen molar-refractivity contribution in [1.29, 1.82) is 0 Å². The number of amides is 1. The first-order valence-electron chi connectivity index (χ1n) is 7.04. The van der Waals surface area contributed by atoms with Crippen molar-refractivity contribution in [2.24, 2.45) is 17.8 Å². The number of hydrogen-bond donors (Lipinski definition) is 0. The monoisotopic (exact) mass is 284 g/mol. The number of thiazole rings is 1. The molecule has 0 spiro atoms. The Kier molecular flexibility index (Phi) is 2.67. The first-order chi connectivity index (χ1) is 9.72. The summed E-state index contributed by atoms with van der Waals surface area (Å²) < 4.78 is 1.13. The second-order valence-corrected chi connectivity index (χ2v) is 6.76. The van der Waals surface area contributed by atoms with Gasteiger partial charge in [0.25, 0.3) is 0 Å². The topological polar surface area (TPSA) is 33.2 Å². The Morgan fingerprint density at radius 2 is 2.15 bits per heavy atom. The summed E-state index contributed by atoms with van der Waals surface area (Å²) in [5.74, 6) is 1.45. The van der Waals surface area contributed by atoms with Crippen molar-refractivity contribution in [3.8, 4) is 0 Å². The van der Waals surface area contributed by atoms with E-state index in [0.29, 0.717) is 11.8 Å². The van der Waals surface area contributed by atoms with Crippen molar-refractivity contribution in [1.82, 2.24) is 4.98 Å². The molecule has 20 heavy (non-hydrogen) atoms. The number of rotatable bonds is 2. The molecule has 4 rings (SSSR count). The molecule has 0 N–H and O–H groups in total. The molecule has 1 heterocycles. The van der Waals surface area contributed by atoms with E-state index in [1.54, 1.807) is 16.2 Å². The van der Waals surface area contributed by atoms with Crippen molar-refractivity contribution < 1.29 is 4.79 Å². The zero-order chi connectivity index (χ0) is 13.7. The summed E-state index contributed by atoms with van der Waals surface area (Å²) in [6.07, 6.45) is 6.66. The Labute approximate surface area is 121 Å². The molecule has 2 aliphatic rings. The highest BCUT2D eigenvalue weighted by Crippen LogP contribution is 2.44. The van der Waals surface area contributed by atoms with Crippen LogP contribution in [0.15, 0.2) is 36.4 Å². The molecule has 1 aromatic carbocycles. The van der Waals surface area contributed by atoms with Crippen LogP contribution in [-0.4, -0.2) is 17.9 Å². The molecule has 0 aliphatic heterocycles. The number of fused-ring (bicyclic) bond motifs is 3.